The molecule has 7 heteroatoms. The zero-order chi connectivity index (χ0) is 16.8. The fraction of sp³-hybridized carbons (Fsp3) is 0.706. The van der Waals surface area contributed by atoms with Crippen LogP contribution in [0.3, 0.4) is 0 Å². The molecule has 0 unspecified atom stereocenters. The first-order valence-electron chi connectivity index (χ1n) is 8.86. The summed E-state index contributed by atoms with van der Waals surface area (Å²) in [6.07, 6.45) is 4.00. The molecule has 3 rings (SSSR count). The summed E-state index contributed by atoms with van der Waals surface area (Å²) in [4.78, 5) is 14.3. The summed E-state index contributed by atoms with van der Waals surface area (Å²) in [7, 11) is 0. The zero-order valence-electron chi connectivity index (χ0n) is 14.3. The van der Waals surface area contributed by atoms with Crippen LogP contribution in [0, 0.1) is 6.92 Å². The van der Waals surface area contributed by atoms with E-state index >= 15 is 0 Å². The molecule has 7 nitrogen and oxygen atoms in total. The van der Waals surface area contributed by atoms with E-state index in [1.807, 2.05) is 19.1 Å². The third-order valence-corrected chi connectivity index (χ3v) is 4.67. The Balaban J connectivity index is 1.43. The summed E-state index contributed by atoms with van der Waals surface area (Å²) < 4.78 is 5.31. The van der Waals surface area contributed by atoms with Gasteiger partial charge in [-0.25, -0.2) is 0 Å². The Bertz CT molecular complexity index is 530. The van der Waals surface area contributed by atoms with Crippen LogP contribution >= 0.6 is 0 Å². The van der Waals surface area contributed by atoms with Crippen molar-refractivity contribution in [3.63, 3.8) is 0 Å². The Morgan fingerprint density at radius 2 is 2.08 bits per heavy atom. The van der Waals surface area contributed by atoms with Crippen LogP contribution < -0.4 is 15.5 Å². The average Bonchev–Trinajstić information content (AvgIpc) is 2.62. The lowest BCUT2D eigenvalue weighted by molar-refractivity contribution is -0.121. The molecule has 2 N–H and O–H groups in total. The number of anilines is 1. The lowest BCUT2D eigenvalue weighted by Crippen LogP contribution is -2.50. The van der Waals surface area contributed by atoms with E-state index in [1.165, 1.54) is 0 Å². The van der Waals surface area contributed by atoms with Crippen LogP contribution in [0.2, 0.25) is 0 Å². The summed E-state index contributed by atoms with van der Waals surface area (Å²) in [6.45, 7) is 5.65. The van der Waals surface area contributed by atoms with Crippen molar-refractivity contribution in [1.29, 1.82) is 0 Å². The summed E-state index contributed by atoms with van der Waals surface area (Å²) in [5.41, 5.74) is 0.926. The van der Waals surface area contributed by atoms with Gasteiger partial charge in [-0.2, -0.15) is 5.10 Å². The topological polar surface area (TPSA) is 79.4 Å². The molecule has 1 amide bonds. The van der Waals surface area contributed by atoms with E-state index in [9.17, 15) is 4.79 Å². The predicted octanol–water partition coefficient (Wildman–Crippen LogP) is 0.639. The minimum atomic E-state index is 0.0779. The van der Waals surface area contributed by atoms with Gasteiger partial charge in [0.15, 0.2) is 5.82 Å². The van der Waals surface area contributed by atoms with Gasteiger partial charge in [-0.05, 0) is 44.7 Å². The number of ether oxygens (including phenoxy) is 1. The van der Waals surface area contributed by atoms with Crippen LogP contribution in [0.5, 0.6) is 0 Å². The number of hydrogen-bond donors (Lipinski definition) is 2. The van der Waals surface area contributed by atoms with E-state index in [1.54, 1.807) is 0 Å². The monoisotopic (exact) mass is 333 g/mol. The molecule has 132 valence electrons. The molecule has 2 aliphatic rings. The van der Waals surface area contributed by atoms with Gasteiger partial charge in [0.2, 0.25) is 5.91 Å². The lowest BCUT2D eigenvalue weighted by Gasteiger charge is -2.33. The van der Waals surface area contributed by atoms with Crippen LogP contribution in [-0.2, 0) is 9.53 Å². The predicted molar refractivity (Wildman–Crippen MR) is 92.0 cm³/mol. The van der Waals surface area contributed by atoms with Crippen molar-refractivity contribution < 1.29 is 9.53 Å². The molecule has 1 aromatic rings. The molecule has 1 atom stereocenters. The van der Waals surface area contributed by atoms with E-state index in [0.717, 1.165) is 63.5 Å². The number of hydrogen-bond acceptors (Lipinski definition) is 6. The summed E-state index contributed by atoms with van der Waals surface area (Å²) in [5, 5.41) is 14.9. The van der Waals surface area contributed by atoms with Crippen LogP contribution in [0.25, 0.3) is 0 Å². The van der Waals surface area contributed by atoms with Crippen molar-refractivity contribution in [2.75, 3.05) is 37.7 Å². The second kappa shape index (κ2) is 8.39. The zero-order valence-corrected chi connectivity index (χ0v) is 14.3. The van der Waals surface area contributed by atoms with E-state index in [2.05, 4.69) is 25.7 Å². The molecule has 0 aliphatic carbocycles. The molecule has 2 saturated heterocycles. The van der Waals surface area contributed by atoms with E-state index in [-0.39, 0.29) is 11.9 Å². The van der Waals surface area contributed by atoms with E-state index in [0.29, 0.717) is 12.6 Å². The highest BCUT2D eigenvalue weighted by Gasteiger charge is 2.22. The maximum atomic E-state index is 12.1. The molecule has 0 radical (unpaired) electrons. The van der Waals surface area contributed by atoms with Crippen molar-refractivity contribution in [3.8, 4) is 0 Å². The van der Waals surface area contributed by atoms with Crippen molar-refractivity contribution >= 4 is 11.7 Å². The Hall–Kier alpha value is -1.73. The van der Waals surface area contributed by atoms with Gasteiger partial charge in [0.05, 0.1) is 12.2 Å². The maximum Gasteiger partial charge on any atom is 0.234 e. The second-order valence-electron chi connectivity index (χ2n) is 6.65. The Morgan fingerprint density at radius 3 is 2.83 bits per heavy atom. The molecule has 3 heterocycles. The van der Waals surface area contributed by atoms with Crippen LogP contribution in [0.1, 0.15) is 31.4 Å². The van der Waals surface area contributed by atoms with Gasteiger partial charge in [-0.3, -0.25) is 4.79 Å². The molecule has 2 fully saturated rings. The van der Waals surface area contributed by atoms with Crippen molar-refractivity contribution in [3.05, 3.63) is 17.8 Å². The van der Waals surface area contributed by atoms with Crippen LogP contribution in [-0.4, -0.2) is 61.0 Å². The molecule has 2 aliphatic heterocycles. The maximum absolute atomic E-state index is 12.1. The normalized spacial score (nSPS) is 22.4. The largest absolute Gasteiger partial charge is 0.381 e. The molecule has 1 aromatic heterocycles. The highest BCUT2D eigenvalue weighted by molar-refractivity contribution is 5.78. The summed E-state index contributed by atoms with van der Waals surface area (Å²) >= 11 is 0. The van der Waals surface area contributed by atoms with E-state index < -0.39 is 0 Å². The third kappa shape index (κ3) is 4.88. The summed E-state index contributed by atoms with van der Waals surface area (Å²) in [5.74, 6) is 0.993. The lowest BCUT2D eigenvalue weighted by atomic mass is 10.1. The average molecular weight is 333 g/mol. The fourth-order valence-corrected chi connectivity index (χ4v) is 3.27. The van der Waals surface area contributed by atoms with Gasteiger partial charge in [-0.1, -0.05) is 0 Å². The fourth-order valence-electron chi connectivity index (χ4n) is 3.27. The second-order valence-corrected chi connectivity index (χ2v) is 6.65. The van der Waals surface area contributed by atoms with Crippen LogP contribution in [0.4, 0.5) is 5.82 Å². The number of nitrogens with one attached hydrogen (secondary N) is 2. The Kier molecular flexibility index (Phi) is 5.98. The van der Waals surface area contributed by atoms with Crippen molar-refractivity contribution in [2.24, 2.45) is 0 Å². The number of aromatic nitrogens is 2. The standard InChI is InChI=1S/C17H27N5O2/c1-13-4-5-16(21-20-13)22-8-2-3-15(12-22)18-11-17(23)19-14-6-9-24-10-7-14/h4-5,14-15,18H,2-3,6-12H2,1H3,(H,19,23)/t15-/m1/s1. The van der Waals surface area contributed by atoms with Gasteiger partial charge < -0.3 is 20.3 Å². The Morgan fingerprint density at radius 1 is 1.25 bits per heavy atom. The molecule has 0 bridgehead atoms. The first-order chi connectivity index (χ1) is 11.7. The van der Waals surface area contributed by atoms with Gasteiger partial charge in [0.25, 0.3) is 0 Å². The quantitative estimate of drug-likeness (QED) is 0.823. The molecular weight excluding hydrogens is 306 g/mol. The minimum absolute atomic E-state index is 0.0779. The van der Waals surface area contributed by atoms with E-state index in [4.69, 9.17) is 4.74 Å². The first kappa shape index (κ1) is 17.1. The minimum Gasteiger partial charge on any atom is -0.381 e. The number of piperidine rings is 1. The van der Waals surface area contributed by atoms with Crippen molar-refractivity contribution in [1.82, 2.24) is 20.8 Å². The SMILES string of the molecule is Cc1ccc(N2CCC[C@@H](NCC(=O)NC3CCOCC3)C2)nn1. The smallest absolute Gasteiger partial charge is 0.234 e. The number of carbonyl (C=O) groups excluding carboxylic acids is 1. The highest BCUT2D eigenvalue weighted by atomic mass is 16.5. The molecular formula is C17H27N5O2. The number of amides is 1. The number of nitrogens with zero attached hydrogens (tertiary/aromatic N) is 3. The number of aryl methyl sites for hydroxylation is 1. The third-order valence-electron chi connectivity index (χ3n) is 4.67. The molecule has 0 aromatic carbocycles. The first-order valence-corrected chi connectivity index (χ1v) is 8.86. The summed E-state index contributed by atoms with van der Waals surface area (Å²) in [6, 6.07) is 4.57. The Labute approximate surface area is 143 Å². The number of carbonyl (C=O) groups is 1. The van der Waals surface area contributed by atoms with Crippen molar-refractivity contribution in [2.45, 2.75) is 44.7 Å². The molecule has 0 spiro atoms. The van der Waals surface area contributed by atoms with Gasteiger partial charge in [0.1, 0.15) is 0 Å². The van der Waals surface area contributed by atoms with Crippen LogP contribution in [0.15, 0.2) is 12.1 Å². The molecule has 24 heavy (non-hydrogen) atoms. The van der Waals surface area contributed by atoms with Gasteiger partial charge in [0, 0.05) is 38.4 Å². The van der Waals surface area contributed by atoms with Gasteiger partial charge >= 0.3 is 0 Å². The van der Waals surface area contributed by atoms with Gasteiger partial charge in [-0.15, -0.1) is 5.10 Å². The highest BCUT2D eigenvalue weighted by Crippen LogP contribution is 2.17. The molecule has 0 saturated carbocycles. The number of rotatable bonds is 5.